The van der Waals surface area contributed by atoms with Gasteiger partial charge in [-0.3, -0.25) is 4.79 Å². The first-order chi connectivity index (χ1) is 7.86. The number of aromatic nitrogens is 3. The first-order valence-electron chi connectivity index (χ1n) is 4.65. The normalized spacial score (nSPS) is 9.50. The Hall–Kier alpha value is -2.43. The first kappa shape index (κ1) is 10.1. The van der Waals surface area contributed by atoms with Crippen LogP contribution in [0.5, 0.6) is 0 Å². The molecule has 1 aromatic carbocycles. The average Bonchev–Trinajstić information content (AvgIpc) is 2.87. The fraction of sp³-hybridized carbons (Fsp3) is 0. The molecule has 80 valence electrons. The van der Waals surface area contributed by atoms with Crippen LogP contribution in [0.2, 0.25) is 0 Å². The molecule has 2 heterocycles. The lowest BCUT2D eigenvalue weighted by atomic mass is 10.2. The minimum atomic E-state index is -0.0521. The van der Waals surface area contributed by atoms with Gasteiger partial charge in [-0.05, 0) is 17.5 Å². The molecule has 3 rings (SSSR count). The lowest BCUT2D eigenvalue weighted by Crippen LogP contribution is -2.01. The van der Waals surface area contributed by atoms with E-state index in [1.165, 1.54) is 18.5 Å². The lowest BCUT2D eigenvalue weighted by molar-refractivity contribution is 0.393. The third kappa shape index (κ3) is 2.54. The number of H-pyrrole nitrogens is 1. The molecule has 0 spiro atoms. The molecule has 0 amide bonds. The van der Waals surface area contributed by atoms with Crippen molar-refractivity contribution >= 4 is 10.9 Å². The summed E-state index contributed by atoms with van der Waals surface area (Å²) in [6, 6.07) is 11.0. The summed E-state index contributed by atoms with van der Waals surface area (Å²) in [5, 5.41) is 7.46. The predicted octanol–water partition coefficient (Wildman–Crippen LogP) is 1.60. The molecule has 0 fully saturated rings. The molecule has 0 saturated carbocycles. The SMILES string of the molecule is O=c1ccc2ccccc2[nH]1.c1conn1. The van der Waals surface area contributed by atoms with Gasteiger partial charge in [0.15, 0.2) is 0 Å². The molecule has 0 aliphatic carbocycles. The molecule has 0 saturated heterocycles. The van der Waals surface area contributed by atoms with E-state index in [0.717, 1.165) is 10.9 Å². The van der Waals surface area contributed by atoms with Crippen molar-refractivity contribution in [3.05, 3.63) is 59.2 Å². The standard InChI is InChI=1S/C9H7NO.C2H2N2O/c11-9-6-5-7-3-1-2-4-8(7)10-9;1-2-5-4-3-1/h1-6H,(H,10,11);1-2H. The quantitative estimate of drug-likeness (QED) is 0.618. The fourth-order valence-electron chi connectivity index (χ4n) is 1.23. The van der Waals surface area contributed by atoms with Crippen LogP contribution < -0.4 is 5.56 Å². The zero-order valence-electron chi connectivity index (χ0n) is 8.33. The van der Waals surface area contributed by atoms with Gasteiger partial charge < -0.3 is 9.51 Å². The number of aromatic amines is 1. The van der Waals surface area contributed by atoms with Crippen molar-refractivity contribution in [1.29, 1.82) is 0 Å². The van der Waals surface area contributed by atoms with Gasteiger partial charge in [-0.1, -0.05) is 18.2 Å². The highest BCUT2D eigenvalue weighted by Crippen LogP contribution is 2.06. The van der Waals surface area contributed by atoms with Gasteiger partial charge in [-0.25, -0.2) is 0 Å². The number of hydrogen-bond donors (Lipinski definition) is 1. The highest BCUT2D eigenvalue weighted by atomic mass is 16.5. The van der Waals surface area contributed by atoms with Gasteiger partial charge >= 0.3 is 0 Å². The Morgan fingerprint density at radius 1 is 1.12 bits per heavy atom. The topological polar surface area (TPSA) is 71.8 Å². The van der Waals surface area contributed by atoms with Gasteiger partial charge in [0.2, 0.25) is 5.56 Å². The Balaban J connectivity index is 0.000000162. The molecule has 3 aromatic rings. The van der Waals surface area contributed by atoms with Crippen molar-refractivity contribution in [2.24, 2.45) is 0 Å². The summed E-state index contributed by atoms with van der Waals surface area (Å²) in [6.07, 6.45) is 2.88. The van der Waals surface area contributed by atoms with E-state index >= 15 is 0 Å². The second kappa shape index (κ2) is 4.88. The van der Waals surface area contributed by atoms with E-state index in [-0.39, 0.29) is 5.56 Å². The number of nitrogens with zero attached hydrogens (tertiary/aromatic N) is 2. The summed E-state index contributed by atoms with van der Waals surface area (Å²) >= 11 is 0. The minimum Gasteiger partial charge on any atom is -0.346 e. The molecular weight excluding hydrogens is 206 g/mol. The lowest BCUT2D eigenvalue weighted by Gasteiger charge is -1.93. The molecule has 0 aliphatic rings. The number of para-hydroxylation sites is 1. The van der Waals surface area contributed by atoms with Gasteiger partial charge in [0.25, 0.3) is 0 Å². The Kier molecular flexibility index (Phi) is 3.08. The van der Waals surface area contributed by atoms with Crippen LogP contribution in [-0.4, -0.2) is 15.4 Å². The van der Waals surface area contributed by atoms with Crippen LogP contribution in [-0.2, 0) is 0 Å². The molecule has 2 aromatic heterocycles. The molecule has 0 aliphatic heterocycles. The maximum absolute atomic E-state index is 10.8. The zero-order valence-corrected chi connectivity index (χ0v) is 8.33. The molecule has 0 atom stereocenters. The van der Waals surface area contributed by atoms with Crippen LogP contribution in [0.15, 0.2) is 58.2 Å². The summed E-state index contributed by atoms with van der Waals surface area (Å²) < 4.78 is 4.22. The number of pyridine rings is 1. The van der Waals surface area contributed by atoms with Crippen molar-refractivity contribution in [3.8, 4) is 0 Å². The third-order valence-electron chi connectivity index (χ3n) is 1.92. The third-order valence-corrected chi connectivity index (χ3v) is 1.92. The second-order valence-electron chi connectivity index (χ2n) is 3.00. The van der Waals surface area contributed by atoms with E-state index in [2.05, 4.69) is 19.9 Å². The molecule has 1 N–H and O–H groups in total. The predicted molar refractivity (Wildman–Crippen MR) is 58.9 cm³/mol. The van der Waals surface area contributed by atoms with Crippen molar-refractivity contribution in [1.82, 2.24) is 15.4 Å². The van der Waals surface area contributed by atoms with E-state index in [0.29, 0.717) is 0 Å². The van der Waals surface area contributed by atoms with Crippen LogP contribution in [0, 0.1) is 0 Å². The number of hydrogen-bond acceptors (Lipinski definition) is 4. The van der Waals surface area contributed by atoms with Crippen LogP contribution in [0.4, 0.5) is 0 Å². The smallest absolute Gasteiger partial charge is 0.248 e. The summed E-state index contributed by atoms with van der Waals surface area (Å²) in [7, 11) is 0. The fourth-order valence-corrected chi connectivity index (χ4v) is 1.23. The number of rotatable bonds is 0. The van der Waals surface area contributed by atoms with Crippen molar-refractivity contribution in [2.45, 2.75) is 0 Å². The van der Waals surface area contributed by atoms with Gasteiger partial charge in [-0.2, -0.15) is 0 Å². The van der Waals surface area contributed by atoms with E-state index in [9.17, 15) is 4.79 Å². The summed E-state index contributed by atoms with van der Waals surface area (Å²) in [4.78, 5) is 13.6. The van der Waals surface area contributed by atoms with Crippen LogP contribution in [0.25, 0.3) is 10.9 Å². The van der Waals surface area contributed by atoms with Gasteiger partial charge in [0.05, 0.1) is 6.20 Å². The van der Waals surface area contributed by atoms with Crippen LogP contribution in [0.3, 0.4) is 0 Å². The van der Waals surface area contributed by atoms with E-state index < -0.39 is 0 Å². The van der Waals surface area contributed by atoms with Gasteiger partial charge in [0.1, 0.15) is 6.26 Å². The van der Waals surface area contributed by atoms with E-state index in [1.54, 1.807) is 0 Å². The summed E-state index contributed by atoms with van der Waals surface area (Å²) in [6.45, 7) is 0. The highest BCUT2D eigenvalue weighted by Gasteiger charge is 1.89. The van der Waals surface area contributed by atoms with Gasteiger partial charge in [-0.15, -0.1) is 5.10 Å². The highest BCUT2D eigenvalue weighted by molar-refractivity contribution is 5.77. The molecule has 0 unspecified atom stereocenters. The minimum absolute atomic E-state index is 0.0521. The Morgan fingerprint density at radius 2 is 2.00 bits per heavy atom. The van der Waals surface area contributed by atoms with E-state index in [1.807, 2.05) is 30.3 Å². The molecule has 5 nitrogen and oxygen atoms in total. The largest absolute Gasteiger partial charge is 0.346 e. The molecule has 0 bridgehead atoms. The summed E-state index contributed by atoms with van der Waals surface area (Å²) in [5.41, 5.74) is 0.837. The summed E-state index contributed by atoms with van der Waals surface area (Å²) in [5.74, 6) is 0. The maximum atomic E-state index is 10.8. The molecule has 0 radical (unpaired) electrons. The van der Waals surface area contributed by atoms with Gasteiger partial charge in [0, 0.05) is 16.9 Å². The van der Waals surface area contributed by atoms with E-state index in [4.69, 9.17) is 0 Å². The first-order valence-corrected chi connectivity index (χ1v) is 4.65. The average molecular weight is 215 g/mol. The maximum Gasteiger partial charge on any atom is 0.248 e. The molecule has 16 heavy (non-hydrogen) atoms. The second-order valence-corrected chi connectivity index (χ2v) is 3.00. The Morgan fingerprint density at radius 3 is 2.69 bits per heavy atom. The number of fused-ring (bicyclic) bond motifs is 1. The number of benzene rings is 1. The van der Waals surface area contributed by atoms with Crippen molar-refractivity contribution < 1.29 is 4.52 Å². The number of nitrogens with one attached hydrogen (secondary N) is 1. The van der Waals surface area contributed by atoms with Crippen molar-refractivity contribution in [2.75, 3.05) is 0 Å². The van der Waals surface area contributed by atoms with Crippen LogP contribution >= 0.6 is 0 Å². The molecular formula is C11H9N3O2. The molecule has 5 heteroatoms. The monoisotopic (exact) mass is 215 g/mol. The van der Waals surface area contributed by atoms with Crippen molar-refractivity contribution in [3.63, 3.8) is 0 Å². The Labute approximate surface area is 90.7 Å². The van der Waals surface area contributed by atoms with Crippen LogP contribution in [0.1, 0.15) is 0 Å². The zero-order chi connectivity index (χ0) is 11.2. The Bertz CT molecular complexity index is 584.